The first-order valence-electron chi connectivity index (χ1n) is 7.10. The van der Waals surface area contributed by atoms with E-state index >= 15 is 0 Å². The monoisotopic (exact) mass is 286 g/mol. The summed E-state index contributed by atoms with van der Waals surface area (Å²) in [7, 11) is 0. The Morgan fingerprint density at radius 2 is 1.50 bits per heavy atom. The van der Waals surface area contributed by atoms with Crippen LogP contribution in [-0.4, -0.2) is 11.7 Å². The number of carbonyl (C=O) groups is 1. The summed E-state index contributed by atoms with van der Waals surface area (Å²) < 4.78 is 0. The van der Waals surface area contributed by atoms with Gasteiger partial charge in [0.15, 0.2) is 0 Å². The van der Waals surface area contributed by atoms with Crippen LogP contribution in [-0.2, 0) is 11.2 Å². The molecule has 3 aromatic rings. The quantitative estimate of drug-likeness (QED) is 0.412. The van der Waals surface area contributed by atoms with E-state index in [0.717, 1.165) is 16.3 Å². The molecular weight excluding hydrogens is 272 g/mol. The van der Waals surface area contributed by atoms with Crippen LogP contribution in [0.25, 0.3) is 10.8 Å². The Morgan fingerprint density at radius 1 is 0.818 bits per heavy atom. The fraction of sp³-hybridized carbons (Fsp3) is 0.0500. The van der Waals surface area contributed by atoms with Crippen molar-refractivity contribution in [2.45, 2.75) is 6.42 Å². The Morgan fingerprint density at radius 3 is 2.27 bits per heavy atom. The zero-order valence-electron chi connectivity index (χ0n) is 12.0. The maximum Gasteiger partial charge on any atom is 0.200 e. The SMILES string of the molecule is O=C=C(Cc1ccccc1)C(=O)c1cccc2ccccc12. The molecule has 0 aliphatic heterocycles. The molecular formula is C20H14O2. The van der Waals surface area contributed by atoms with Gasteiger partial charge in [0.05, 0.1) is 5.57 Å². The lowest BCUT2D eigenvalue weighted by Gasteiger charge is -2.07. The number of allylic oxidation sites excluding steroid dienone is 1. The predicted octanol–water partition coefficient (Wildman–Crippen LogP) is 4.02. The van der Waals surface area contributed by atoms with Gasteiger partial charge in [-0.3, -0.25) is 4.79 Å². The second-order valence-corrected chi connectivity index (χ2v) is 5.10. The van der Waals surface area contributed by atoms with Crippen molar-refractivity contribution in [1.29, 1.82) is 0 Å². The normalized spacial score (nSPS) is 10.2. The van der Waals surface area contributed by atoms with Crippen molar-refractivity contribution in [3.05, 3.63) is 89.5 Å². The largest absolute Gasteiger partial charge is 0.288 e. The number of fused-ring (bicyclic) bond motifs is 1. The molecule has 0 heterocycles. The molecule has 106 valence electrons. The van der Waals surface area contributed by atoms with Gasteiger partial charge in [-0.05, 0) is 16.3 Å². The molecule has 0 saturated heterocycles. The van der Waals surface area contributed by atoms with E-state index in [9.17, 15) is 9.59 Å². The van der Waals surface area contributed by atoms with E-state index in [-0.39, 0.29) is 11.4 Å². The van der Waals surface area contributed by atoms with E-state index < -0.39 is 0 Å². The average Bonchev–Trinajstić information content (AvgIpc) is 2.59. The van der Waals surface area contributed by atoms with Gasteiger partial charge in [-0.2, -0.15) is 0 Å². The fourth-order valence-electron chi connectivity index (χ4n) is 2.55. The molecule has 0 aliphatic carbocycles. The van der Waals surface area contributed by atoms with Gasteiger partial charge in [0, 0.05) is 12.0 Å². The second-order valence-electron chi connectivity index (χ2n) is 5.10. The van der Waals surface area contributed by atoms with Crippen LogP contribution >= 0.6 is 0 Å². The van der Waals surface area contributed by atoms with Gasteiger partial charge in [-0.15, -0.1) is 0 Å². The third-order valence-corrected chi connectivity index (χ3v) is 3.66. The minimum absolute atomic E-state index is 0.155. The Hall–Kier alpha value is -2.96. The molecule has 0 amide bonds. The molecule has 0 saturated carbocycles. The van der Waals surface area contributed by atoms with Crippen LogP contribution in [0.1, 0.15) is 15.9 Å². The van der Waals surface area contributed by atoms with Gasteiger partial charge in [-0.25, -0.2) is 4.79 Å². The van der Waals surface area contributed by atoms with Crippen molar-refractivity contribution in [2.75, 3.05) is 0 Å². The van der Waals surface area contributed by atoms with Gasteiger partial charge in [0.25, 0.3) is 0 Å². The maximum absolute atomic E-state index is 12.7. The van der Waals surface area contributed by atoms with Crippen LogP contribution in [0.15, 0.2) is 78.4 Å². The Kier molecular flexibility index (Phi) is 3.95. The summed E-state index contributed by atoms with van der Waals surface area (Å²) in [5.41, 5.74) is 1.63. The second kappa shape index (κ2) is 6.21. The van der Waals surface area contributed by atoms with E-state index in [0.29, 0.717) is 12.0 Å². The van der Waals surface area contributed by atoms with Crippen LogP contribution < -0.4 is 0 Å². The maximum atomic E-state index is 12.7. The van der Waals surface area contributed by atoms with Crippen molar-refractivity contribution in [1.82, 2.24) is 0 Å². The van der Waals surface area contributed by atoms with Crippen molar-refractivity contribution in [2.24, 2.45) is 0 Å². The number of Topliss-reactive ketones (excluding diaryl/α,β-unsaturated/α-hetero) is 1. The van der Waals surface area contributed by atoms with Crippen molar-refractivity contribution in [3.8, 4) is 0 Å². The van der Waals surface area contributed by atoms with Crippen molar-refractivity contribution < 1.29 is 9.59 Å². The highest BCUT2D eigenvalue weighted by Crippen LogP contribution is 2.21. The molecule has 2 nitrogen and oxygen atoms in total. The summed E-state index contributed by atoms with van der Waals surface area (Å²) in [6.07, 6.45) is 0.298. The number of benzene rings is 3. The highest BCUT2D eigenvalue weighted by Gasteiger charge is 2.16. The van der Waals surface area contributed by atoms with E-state index in [1.807, 2.05) is 72.7 Å². The smallest absolute Gasteiger partial charge is 0.200 e. The summed E-state index contributed by atoms with van der Waals surface area (Å²) in [5.74, 6) is 1.58. The molecule has 0 aliphatic rings. The first-order chi connectivity index (χ1) is 10.8. The number of hydrogen-bond acceptors (Lipinski definition) is 2. The fourth-order valence-corrected chi connectivity index (χ4v) is 2.55. The first-order valence-corrected chi connectivity index (χ1v) is 7.10. The van der Waals surface area contributed by atoms with Gasteiger partial charge in [0.2, 0.25) is 5.78 Å². The summed E-state index contributed by atoms with van der Waals surface area (Å²) in [4.78, 5) is 24.0. The molecule has 0 unspecified atom stereocenters. The van der Waals surface area contributed by atoms with Crippen LogP contribution in [0.4, 0.5) is 0 Å². The van der Waals surface area contributed by atoms with Crippen LogP contribution in [0.2, 0.25) is 0 Å². The topological polar surface area (TPSA) is 34.1 Å². The molecule has 0 N–H and O–H groups in total. The van der Waals surface area contributed by atoms with E-state index in [1.54, 1.807) is 6.07 Å². The zero-order chi connectivity index (χ0) is 15.4. The third kappa shape index (κ3) is 2.73. The highest BCUT2D eigenvalue weighted by molar-refractivity contribution is 6.19. The van der Waals surface area contributed by atoms with Gasteiger partial charge in [0.1, 0.15) is 5.94 Å². The van der Waals surface area contributed by atoms with Crippen LogP contribution in [0.5, 0.6) is 0 Å². The predicted molar refractivity (Wildman–Crippen MR) is 87.6 cm³/mol. The number of carbonyl (C=O) groups excluding carboxylic acids is 2. The summed E-state index contributed by atoms with van der Waals surface area (Å²) in [6, 6.07) is 22.7. The lowest BCUT2D eigenvalue weighted by Crippen LogP contribution is -2.07. The highest BCUT2D eigenvalue weighted by atomic mass is 16.1. The number of rotatable bonds is 4. The molecule has 0 bridgehead atoms. The molecule has 0 aromatic heterocycles. The lowest BCUT2D eigenvalue weighted by atomic mass is 9.94. The van der Waals surface area contributed by atoms with E-state index in [4.69, 9.17) is 0 Å². The number of hydrogen-bond donors (Lipinski definition) is 0. The Labute approximate surface area is 128 Å². The molecule has 0 radical (unpaired) electrons. The van der Waals surface area contributed by atoms with Crippen LogP contribution in [0.3, 0.4) is 0 Å². The Bertz CT molecular complexity index is 867. The van der Waals surface area contributed by atoms with Gasteiger partial charge < -0.3 is 0 Å². The lowest BCUT2D eigenvalue weighted by molar-refractivity contribution is 0.103. The zero-order valence-corrected chi connectivity index (χ0v) is 12.0. The minimum Gasteiger partial charge on any atom is -0.288 e. The molecule has 3 aromatic carbocycles. The molecule has 0 atom stereocenters. The van der Waals surface area contributed by atoms with Crippen LogP contribution in [0, 0.1) is 0 Å². The first kappa shape index (κ1) is 14.0. The number of ketones is 1. The third-order valence-electron chi connectivity index (χ3n) is 3.66. The molecule has 2 heteroatoms. The van der Waals surface area contributed by atoms with Crippen molar-refractivity contribution in [3.63, 3.8) is 0 Å². The van der Waals surface area contributed by atoms with Crippen molar-refractivity contribution >= 4 is 22.5 Å². The molecule has 0 spiro atoms. The van der Waals surface area contributed by atoms with Gasteiger partial charge in [-0.1, -0.05) is 72.8 Å². The molecule has 3 rings (SSSR count). The minimum atomic E-state index is -0.254. The standard InChI is InChI=1S/C20H14O2/c21-14-17(13-15-7-2-1-3-8-15)20(22)19-12-6-10-16-9-4-5-11-18(16)19/h1-12H,13H2. The van der Waals surface area contributed by atoms with Gasteiger partial charge >= 0.3 is 0 Å². The van der Waals surface area contributed by atoms with E-state index in [1.165, 1.54) is 0 Å². The molecule has 0 fully saturated rings. The summed E-state index contributed by atoms with van der Waals surface area (Å²) >= 11 is 0. The average molecular weight is 286 g/mol. The summed E-state index contributed by atoms with van der Waals surface area (Å²) in [6.45, 7) is 0. The summed E-state index contributed by atoms with van der Waals surface area (Å²) in [5, 5.41) is 1.84. The van der Waals surface area contributed by atoms with E-state index in [2.05, 4.69) is 0 Å². The molecule has 22 heavy (non-hydrogen) atoms. The Balaban J connectivity index is 1.99.